The summed E-state index contributed by atoms with van der Waals surface area (Å²) in [6, 6.07) is 4.41. The molecular weight excluding hydrogens is 238 g/mol. The van der Waals surface area contributed by atoms with Gasteiger partial charge in [-0.2, -0.15) is 0 Å². The van der Waals surface area contributed by atoms with E-state index in [0.717, 1.165) is 11.6 Å². The molecule has 4 nitrogen and oxygen atoms in total. The number of rotatable bonds is 6. The molecule has 1 aliphatic heterocycles. The molecular formula is C15H25N3O. The van der Waals surface area contributed by atoms with E-state index in [0.29, 0.717) is 12.6 Å². The third kappa shape index (κ3) is 4.10. The summed E-state index contributed by atoms with van der Waals surface area (Å²) in [7, 11) is 0. The number of anilines is 1. The van der Waals surface area contributed by atoms with E-state index in [-0.39, 0.29) is 0 Å². The van der Waals surface area contributed by atoms with Crippen LogP contribution in [0.4, 0.5) is 5.82 Å². The SMILES string of the molecule is CCCN1CCC(Nc2ncccc2OCC)CC1. The van der Waals surface area contributed by atoms with Crippen molar-refractivity contribution in [3.63, 3.8) is 0 Å². The molecule has 1 aromatic rings. The van der Waals surface area contributed by atoms with Gasteiger partial charge in [0.1, 0.15) is 0 Å². The largest absolute Gasteiger partial charge is 0.490 e. The van der Waals surface area contributed by atoms with E-state index >= 15 is 0 Å². The van der Waals surface area contributed by atoms with Gasteiger partial charge in [-0.15, -0.1) is 0 Å². The molecule has 0 bridgehead atoms. The van der Waals surface area contributed by atoms with Crippen molar-refractivity contribution in [2.75, 3.05) is 31.6 Å². The van der Waals surface area contributed by atoms with Gasteiger partial charge in [0.05, 0.1) is 6.61 Å². The Kier molecular flexibility index (Phi) is 5.45. The summed E-state index contributed by atoms with van der Waals surface area (Å²) in [5.41, 5.74) is 0. The van der Waals surface area contributed by atoms with Crippen LogP contribution in [0.15, 0.2) is 18.3 Å². The van der Waals surface area contributed by atoms with Crippen molar-refractivity contribution in [2.45, 2.75) is 39.2 Å². The highest BCUT2D eigenvalue weighted by molar-refractivity contribution is 5.50. The van der Waals surface area contributed by atoms with E-state index in [1.54, 1.807) is 0 Å². The standard InChI is InChI=1S/C15H25N3O/c1-3-10-18-11-7-13(8-12-18)17-15-14(19-4-2)6-5-9-16-15/h5-6,9,13H,3-4,7-8,10-12H2,1-2H3,(H,16,17). The normalized spacial score (nSPS) is 17.4. The second-order valence-electron chi connectivity index (χ2n) is 5.04. The van der Waals surface area contributed by atoms with E-state index < -0.39 is 0 Å². The van der Waals surface area contributed by atoms with Gasteiger partial charge in [-0.05, 0) is 44.9 Å². The molecule has 106 valence electrons. The molecule has 1 fully saturated rings. The van der Waals surface area contributed by atoms with Crippen molar-refractivity contribution in [3.05, 3.63) is 18.3 Å². The van der Waals surface area contributed by atoms with E-state index in [1.165, 1.54) is 38.9 Å². The maximum Gasteiger partial charge on any atom is 0.168 e. The van der Waals surface area contributed by atoms with E-state index in [1.807, 2.05) is 25.3 Å². The predicted molar refractivity (Wildman–Crippen MR) is 78.8 cm³/mol. The molecule has 0 amide bonds. The minimum absolute atomic E-state index is 0.516. The second kappa shape index (κ2) is 7.34. The number of aromatic nitrogens is 1. The van der Waals surface area contributed by atoms with Crippen LogP contribution in [0.5, 0.6) is 5.75 Å². The molecule has 4 heteroatoms. The van der Waals surface area contributed by atoms with Crippen LogP contribution in [0.1, 0.15) is 33.1 Å². The molecule has 19 heavy (non-hydrogen) atoms. The quantitative estimate of drug-likeness (QED) is 0.856. The Balaban J connectivity index is 1.88. The average molecular weight is 263 g/mol. The molecule has 0 unspecified atom stereocenters. The van der Waals surface area contributed by atoms with Gasteiger partial charge in [-0.1, -0.05) is 6.92 Å². The van der Waals surface area contributed by atoms with Gasteiger partial charge < -0.3 is 15.0 Å². The summed E-state index contributed by atoms with van der Waals surface area (Å²) in [6.45, 7) is 8.51. The number of hydrogen-bond donors (Lipinski definition) is 1. The Morgan fingerprint density at radius 3 is 2.84 bits per heavy atom. The number of likely N-dealkylation sites (tertiary alicyclic amines) is 1. The highest BCUT2D eigenvalue weighted by Gasteiger charge is 2.19. The Labute approximate surface area is 116 Å². The molecule has 2 rings (SSSR count). The van der Waals surface area contributed by atoms with Crippen LogP contribution in [-0.2, 0) is 0 Å². The molecule has 0 radical (unpaired) electrons. The number of ether oxygens (including phenoxy) is 1. The Morgan fingerprint density at radius 1 is 1.37 bits per heavy atom. The number of pyridine rings is 1. The van der Waals surface area contributed by atoms with Gasteiger partial charge >= 0.3 is 0 Å². The zero-order chi connectivity index (χ0) is 13.5. The van der Waals surface area contributed by atoms with Crippen molar-refractivity contribution in [1.29, 1.82) is 0 Å². The van der Waals surface area contributed by atoms with Gasteiger partial charge in [0.25, 0.3) is 0 Å². The fourth-order valence-electron chi connectivity index (χ4n) is 2.58. The summed E-state index contributed by atoms with van der Waals surface area (Å²) in [5.74, 6) is 1.75. The molecule has 0 saturated carbocycles. The topological polar surface area (TPSA) is 37.4 Å². The van der Waals surface area contributed by atoms with Crippen LogP contribution in [-0.4, -0.2) is 42.2 Å². The Bertz CT molecular complexity index is 375. The van der Waals surface area contributed by atoms with Crippen molar-refractivity contribution < 1.29 is 4.74 Å². The van der Waals surface area contributed by atoms with E-state index in [9.17, 15) is 0 Å². The number of piperidine rings is 1. The van der Waals surface area contributed by atoms with Crippen molar-refractivity contribution in [1.82, 2.24) is 9.88 Å². The lowest BCUT2D eigenvalue weighted by molar-refractivity contribution is 0.219. The molecule has 0 atom stereocenters. The summed E-state index contributed by atoms with van der Waals surface area (Å²) in [4.78, 5) is 6.94. The third-order valence-corrected chi connectivity index (χ3v) is 3.54. The summed E-state index contributed by atoms with van der Waals surface area (Å²) in [5, 5.41) is 3.53. The summed E-state index contributed by atoms with van der Waals surface area (Å²) < 4.78 is 5.60. The van der Waals surface area contributed by atoms with Crippen LogP contribution < -0.4 is 10.1 Å². The number of nitrogens with one attached hydrogen (secondary N) is 1. The van der Waals surface area contributed by atoms with E-state index in [2.05, 4.69) is 22.1 Å². The van der Waals surface area contributed by atoms with Crippen molar-refractivity contribution in [2.24, 2.45) is 0 Å². The zero-order valence-electron chi connectivity index (χ0n) is 12.1. The molecule has 0 aliphatic carbocycles. The monoisotopic (exact) mass is 263 g/mol. The molecule has 1 aliphatic rings. The second-order valence-corrected chi connectivity index (χ2v) is 5.04. The maximum atomic E-state index is 5.60. The van der Waals surface area contributed by atoms with Crippen LogP contribution >= 0.6 is 0 Å². The van der Waals surface area contributed by atoms with Gasteiger partial charge in [-0.25, -0.2) is 4.98 Å². The van der Waals surface area contributed by atoms with Gasteiger partial charge in [0, 0.05) is 25.3 Å². The summed E-state index contributed by atoms with van der Waals surface area (Å²) >= 11 is 0. The first-order chi connectivity index (χ1) is 9.33. The van der Waals surface area contributed by atoms with Crippen LogP contribution in [0.3, 0.4) is 0 Å². The molecule has 1 N–H and O–H groups in total. The van der Waals surface area contributed by atoms with Crippen LogP contribution in [0.25, 0.3) is 0 Å². The minimum Gasteiger partial charge on any atom is -0.490 e. The van der Waals surface area contributed by atoms with Gasteiger partial charge in [-0.3, -0.25) is 0 Å². The zero-order valence-corrected chi connectivity index (χ0v) is 12.1. The lowest BCUT2D eigenvalue weighted by atomic mass is 10.0. The third-order valence-electron chi connectivity index (χ3n) is 3.54. The first-order valence-electron chi connectivity index (χ1n) is 7.40. The Morgan fingerprint density at radius 2 is 2.16 bits per heavy atom. The van der Waals surface area contributed by atoms with Gasteiger partial charge in [0.2, 0.25) is 0 Å². The fraction of sp³-hybridized carbons (Fsp3) is 0.667. The Hall–Kier alpha value is -1.29. The maximum absolute atomic E-state index is 5.60. The molecule has 0 spiro atoms. The predicted octanol–water partition coefficient (Wildman–Crippen LogP) is 2.77. The van der Waals surface area contributed by atoms with Crippen LogP contribution in [0.2, 0.25) is 0 Å². The van der Waals surface area contributed by atoms with Crippen LogP contribution in [0, 0.1) is 0 Å². The number of hydrogen-bond acceptors (Lipinski definition) is 4. The van der Waals surface area contributed by atoms with Crippen molar-refractivity contribution in [3.8, 4) is 5.75 Å². The molecule has 0 aromatic carbocycles. The number of nitrogens with zero attached hydrogens (tertiary/aromatic N) is 2. The first-order valence-corrected chi connectivity index (χ1v) is 7.40. The average Bonchev–Trinajstić information content (AvgIpc) is 2.44. The first kappa shape index (κ1) is 14.1. The van der Waals surface area contributed by atoms with Crippen molar-refractivity contribution >= 4 is 5.82 Å². The van der Waals surface area contributed by atoms with Gasteiger partial charge in [0.15, 0.2) is 11.6 Å². The lowest BCUT2D eigenvalue weighted by Crippen LogP contribution is -2.39. The highest BCUT2D eigenvalue weighted by atomic mass is 16.5. The minimum atomic E-state index is 0.516. The van der Waals surface area contributed by atoms with E-state index in [4.69, 9.17) is 4.74 Å². The molecule has 1 aromatic heterocycles. The molecule has 1 saturated heterocycles. The lowest BCUT2D eigenvalue weighted by Gasteiger charge is -2.32. The summed E-state index contributed by atoms with van der Waals surface area (Å²) in [6.07, 6.45) is 5.42. The fourth-order valence-corrected chi connectivity index (χ4v) is 2.58. The molecule has 2 heterocycles. The highest BCUT2D eigenvalue weighted by Crippen LogP contribution is 2.24. The smallest absolute Gasteiger partial charge is 0.168 e.